The van der Waals surface area contributed by atoms with E-state index >= 15 is 0 Å². The zero-order valence-electron chi connectivity index (χ0n) is 12.8. The molecule has 0 atom stereocenters. The van der Waals surface area contributed by atoms with E-state index in [1.165, 1.54) is 23.5 Å². The Morgan fingerprint density at radius 1 is 1.35 bits per heavy atom. The first kappa shape index (κ1) is 16.3. The molecular weight excluding hydrogens is 332 g/mol. The summed E-state index contributed by atoms with van der Waals surface area (Å²) in [7, 11) is 0. The van der Waals surface area contributed by atoms with Crippen molar-refractivity contribution in [1.29, 1.82) is 0 Å². The van der Waals surface area contributed by atoms with Crippen LogP contribution in [-0.2, 0) is 4.79 Å². The van der Waals surface area contributed by atoms with E-state index < -0.39 is 0 Å². The second-order valence-corrected chi connectivity index (χ2v) is 7.88. The lowest BCUT2D eigenvalue weighted by Crippen LogP contribution is -2.20. The number of benzene rings is 1. The van der Waals surface area contributed by atoms with E-state index in [0.717, 1.165) is 0 Å². The second kappa shape index (κ2) is 7.79. The number of hydrogen-bond acceptors (Lipinski definition) is 6. The molecule has 0 saturated carbocycles. The Morgan fingerprint density at radius 3 is 2.74 bits per heavy atom. The Hall–Kier alpha value is -1.60. The maximum Gasteiger partial charge on any atom is 0.263 e. The molecular formula is C16H18N2O3S2. The number of aromatic nitrogens is 1. The summed E-state index contributed by atoms with van der Waals surface area (Å²) in [4.78, 5) is 11.8. The van der Waals surface area contributed by atoms with E-state index in [1.807, 2.05) is 35.7 Å². The van der Waals surface area contributed by atoms with Gasteiger partial charge in [-0.2, -0.15) is 0 Å². The van der Waals surface area contributed by atoms with Gasteiger partial charge in [-0.25, -0.2) is 0 Å². The number of thioether (sulfide) groups is 2. The molecule has 0 bridgehead atoms. The van der Waals surface area contributed by atoms with Gasteiger partial charge in [-0.3, -0.25) is 4.79 Å². The fraction of sp³-hybridized carbons (Fsp3) is 0.375. The molecule has 1 amide bonds. The summed E-state index contributed by atoms with van der Waals surface area (Å²) < 4.78 is 10.9. The monoisotopic (exact) mass is 350 g/mol. The first-order valence-corrected chi connectivity index (χ1v) is 9.49. The van der Waals surface area contributed by atoms with Crippen molar-refractivity contribution < 1.29 is 14.1 Å². The Bertz CT molecular complexity index is 652. The highest BCUT2D eigenvalue weighted by molar-refractivity contribution is 8.16. The van der Waals surface area contributed by atoms with Gasteiger partial charge in [-0.05, 0) is 42.5 Å². The third kappa shape index (κ3) is 4.68. The zero-order chi connectivity index (χ0) is 16.1. The lowest BCUT2D eigenvalue weighted by Gasteiger charge is -2.21. The molecule has 5 nitrogen and oxygen atoms in total. The van der Waals surface area contributed by atoms with E-state index in [-0.39, 0.29) is 12.5 Å². The maximum atomic E-state index is 11.8. The van der Waals surface area contributed by atoms with E-state index in [4.69, 9.17) is 9.26 Å². The number of aryl methyl sites for hydroxylation is 1. The molecule has 1 aromatic carbocycles. The third-order valence-electron chi connectivity index (χ3n) is 3.24. The van der Waals surface area contributed by atoms with Crippen LogP contribution in [0.5, 0.6) is 5.75 Å². The number of anilines is 1. The van der Waals surface area contributed by atoms with Gasteiger partial charge in [0.25, 0.3) is 5.91 Å². The molecule has 1 aromatic heterocycles. The van der Waals surface area contributed by atoms with Gasteiger partial charge in [0.1, 0.15) is 11.5 Å². The minimum atomic E-state index is -0.263. The Kier molecular flexibility index (Phi) is 5.51. The number of carbonyl (C=O) groups excluding carboxylic acids is 1. The average molecular weight is 350 g/mol. The summed E-state index contributed by atoms with van der Waals surface area (Å²) in [5, 5.41) is 6.33. The maximum absolute atomic E-state index is 11.8. The van der Waals surface area contributed by atoms with Crippen LogP contribution in [-0.4, -0.2) is 29.2 Å². The van der Waals surface area contributed by atoms with Crippen molar-refractivity contribution >= 4 is 35.2 Å². The Balaban J connectivity index is 1.49. The van der Waals surface area contributed by atoms with Crippen LogP contribution in [0.2, 0.25) is 0 Å². The van der Waals surface area contributed by atoms with Gasteiger partial charge in [-0.15, -0.1) is 23.5 Å². The number of rotatable bonds is 5. The summed E-state index contributed by atoms with van der Waals surface area (Å²) in [5.41, 5.74) is 1.30. The van der Waals surface area contributed by atoms with Gasteiger partial charge in [0, 0.05) is 6.07 Å². The first-order chi connectivity index (χ1) is 11.2. The van der Waals surface area contributed by atoms with Crippen LogP contribution in [0.3, 0.4) is 0 Å². The lowest BCUT2D eigenvalue weighted by molar-refractivity contribution is -0.118. The van der Waals surface area contributed by atoms with Crippen molar-refractivity contribution in [2.24, 2.45) is 0 Å². The third-order valence-corrected chi connectivity index (χ3v) is 6.26. The topological polar surface area (TPSA) is 64.4 Å². The van der Waals surface area contributed by atoms with Crippen LogP contribution in [0.15, 0.2) is 34.9 Å². The molecule has 1 N–H and O–H groups in total. The molecule has 0 radical (unpaired) electrons. The molecule has 0 spiro atoms. The number of nitrogens with one attached hydrogen (secondary N) is 1. The molecule has 2 aromatic rings. The molecule has 23 heavy (non-hydrogen) atoms. The van der Waals surface area contributed by atoms with Gasteiger partial charge in [0.05, 0.1) is 4.58 Å². The van der Waals surface area contributed by atoms with Gasteiger partial charge in [0.2, 0.25) is 0 Å². The van der Waals surface area contributed by atoms with Gasteiger partial charge < -0.3 is 14.6 Å². The molecule has 3 rings (SSSR count). The lowest BCUT2D eigenvalue weighted by atomic mass is 10.2. The largest absolute Gasteiger partial charge is 0.484 e. The minimum Gasteiger partial charge on any atom is -0.484 e. The van der Waals surface area contributed by atoms with Crippen LogP contribution in [0.25, 0.3) is 0 Å². The predicted molar refractivity (Wildman–Crippen MR) is 94.1 cm³/mol. The summed E-state index contributed by atoms with van der Waals surface area (Å²) in [5.74, 6) is 3.91. The average Bonchev–Trinajstić information content (AvgIpc) is 2.99. The van der Waals surface area contributed by atoms with E-state index in [1.54, 1.807) is 13.0 Å². The molecule has 7 heteroatoms. The van der Waals surface area contributed by atoms with Gasteiger partial charge in [-0.1, -0.05) is 17.3 Å². The SMILES string of the molecule is Cc1cc(NC(=O)COc2ccc(C3SCCCS3)cc2)no1. The van der Waals surface area contributed by atoms with Crippen molar-refractivity contribution in [3.8, 4) is 5.75 Å². The Morgan fingerprint density at radius 2 is 2.09 bits per heavy atom. The molecule has 1 saturated heterocycles. The molecule has 0 aliphatic carbocycles. The van der Waals surface area contributed by atoms with Crippen LogP contribution in [0, 0.1) is 6.92 Å². The molecule has 2 heterocycles. The summed E-state index contributed by atoms with van der Waals surface area (Å²) in [6.07, 6.45) is 1.28. The van der Waals surface area contributed by atoms with E-state index in [0.29, 0.717) is 21.9 Å². The summed E-state index contributed by atoms with van der Waals surface area (Å²) in [6, 6.07) is 9.64. The van der Waals surface area contributed by atoms with Crippen LogP contribution in [0.1, 0.15) is 22.3 Å². The quantitative estimate of drug-likeness (QED) is 0.883. The minimum absolute atomic E-state index is 0.0574. The predicted octanol–water partition coefficient (Wildman–Crippen LogP) is 3.87. The van der Waals surface area contributed by atoms with E-state index in [2.05, 4.69) is 22.6 Å². The zero-order valence-corrected chi connectivity index (χ0v) is 14.4. The summed E-state index contributed by atoms with van der Waals surface area (Å²) >= 11 is 3.97. The number of ether oxygens (including phenoxy) is 1. The molecule has 0 unspecified atom stereocenters. The molecule has 1 aliphatic heterocycles. The van der Waals surface area contributed by atoms with Crippen LogP contribution >= 0.6 is 23.5 Å². The van der Waals surface area contributed by atoms with Crippen molar-refractivity contribution in [1.82, 2.24) is 5.16 Å². The highest BCUT2D eigenvalue weighted by Crippen LogP contribution is 2.43. The van der Waals surface area contributed by atoms with Gasteiger partial charge >= 0.3 is 0 Å². The summed E-state index contributed by atoms with van der Waals surface area (Å²) in [6.45, 7) is 1.71. The number of hydrogen-bond donors (Lipinski definition) is 1. The van der Waals surface area contributed by atoms with Crippen molar-refractivity contribution in [2.45, 2.75) is 17.9 Å². The molecule has 1 fully saturated rings. The first-order valence-electron chi connectivity index (χ1n) is 7.40. The molecule has 1 aliphatic rings. The highest BCUT2D eigenvalue weighted by atomic mass is 32.2. The van der Waals surface area contributed by atoms with Crippen molar-refractivity contribution in [3.63, 3.8) is 0 Å². The normalized spacial score (nSPS) is 15.3. The van der Waals surface area contributed by atoms with Gasteiger partial charge in [0.15, 0.2) is 12.4 Å². The fourth-order valence-corrected chi connectivity index (χ4v) is 5.05. The second-order valence-electron chi connectivity index (χ2n) is 5.16. The number of amides is 1. The number of carbonyl (C=O) groups is 1. The standard InChI is InChI=1S/C16H18N2O3S2/c1-11-9-14(18-21-11)17-15(19)10-20-13-5-3-12(4-6-13)16-22-7-2-8-23-16/h3-6,9,16H,2,7-8,10H2,1H3,(H,17,18,19). The van der Waals surface area contributed by atoms with Crippen LogP contribution in [0.4, 0.5) is 5.82 Å². The highest BCUT2D eigenvalue weighted by Gasteiger charge is 2.16. The molecule has 122 valence electrons. The Labute approximate surface area is 143 Å². The smallest absolute Gasteiger partial charge is 0.263 e. The number of nitrogens with zero attached hydrogens (tertiary/aromatic N) is 1. The van der Waals surface area contributed by atoms with Crippen LogP contribution < -0.4 is 10.1 Å². The van der Waals surface area contributed by atoms with E-state index in [9.17, 15) is 4.79 Å². The van der Waals surface area contributed by atoms with Crippen molar-refractivity contribution in [3.05, 3.63) is 41.7 Å². The fourth-order valence-electron chi connectivity index (χ4n) is 2.15. The van der Waals surface area contributed by atoms with Crippen molar-refractivity contribution in [2.75, 3.05) is 23.4 Å².